The SMILES string of the molecule is CC(C)N(Cc1cccc(Cl)c1)C(=O)C1(N)CC1. The highest BCUT2D eigenvalue weighted by atomic mass is 35.5. The largest absolute Gasteiger partial charge is 0.334 e. The second-order valence-electron chi connectivity index (χ2n) is 5.31. The molecule has 18 heavy (non-hydrogen) atoms. The first kappa shape index (κ1) is 13.4. The molecule has 0 radical (unpaired) electrons. The number of benzene rings is 1. The summed E-state index contributed by atoms with van der Waals surface area (Å²) in [5.74, 6) is 0.0532. The third kappa shape index (κ3) is 2.85. The van der Waals surface area contributed by atoms with Gasteiger partial charge in [0.25, 0.3) is 0 Å². The third-order valence-corrected chi connectivity index (χ3v) is 3.58. The molecule has 4 heteroatoms. The molecule has 0 saturated heterocycles. The first-order valence-corrected chi connectivity index (χ1v) is 6.64. The lowest BCUT2D eigenvalue weighted by Crippen LogP contribution is -2.48. The Morgan fingerprint density at radius 2 is 2.17 bits per heavy atom. The van der Waals surface area contributed by atoms with Gasteiger partial charge >= 0.3 is 0 Å². The number of carbonyl (C=O) groups excluding carboxylic acids is 1. The van der Waals surface area contributed by atoms with Crippen LogP contribution in [0.2, 0.25) is 5.02 Å². The minimum Gasteiger partial charge on any atom is -0.334 e. The van der Waals surface area contributed by atoms with E-state index in [0.29, 0.717) is 11.6 Å². The van der Waals surface area contributed by atoms with Gasteiger partial charge in [0.1, 0.15) is 0 Å². The Morgan fingerprint density at radius 1 is 1.50 bits per heavy atom. The standard InChI is InChI=1S/C14H19ClN2O/c1-10(2)17(13(18)14(16)6-7-14)9-11-4-3-5-12(15)8-11/h3-5,8,10H,6-7,9,16H2,1-2H3. The zero-order valence-corrected chi connectivity index (χ0v) is 11.6. The van der Waals surface area contributed by atoms with Crippen molar-refractivity contribution in [3.05, 3.63) is 34.9 Å². The minimum atomic E-state index is -0.608. The topological polar surface area (TPSA) is 46.3 Å². The number of amides is 1. The van der Waals surface area contributed by atoms with Gasteiger partial charge in [-0.05, 0) is 44.4 Å². The van der Waals surface area contributed by atoms with E-state index in [1.165, 1.54) is 0 Å². The van der Waals surface area contributed by atoms with Crippen LogP contribution in [0.25, 0.3) is 0 Å². The Kier molecular flexibility index (Phi) is 3.64. The van der Waals surface area contributed by atoms with E-state index in [-0.39, 0.29) is 11.9 Å². The van der Waals surface area contributed by atoms with Crippen LogP contribution in [-0.4, -0.2) is 22.4 Å². The van der Waals surface area contributed by atoms with E-state index in [9.17, 15) is 4.79 Å². The van der Waals surface area contributed by atoms with Crippen molar-refractivity contribution in [1.29, 1.82) is 0 Å². The molecule has 1 fully saturated rings. The van der Waals surface area contributed by atoms with Crippen molar-refractivity contribution in [3.63, 3.8) is 0 Å². The summed E-state index contributed by atoms with van der Waals surface area (Å²) in [5.41, 5.74) is 6.42. The molecule has 1 aromatic carbocycles. The van der Waals surface area contributed by atoms with Gasteiger partial charge < -0.3 is 10.6 Å². The summed E-state index contributed by atoms with van der Waals surface area (Å²) in [5, 5.41) is 0.692. The van der Waals surface area contributed by atoms with E-state index < -0.39 is 5.54 Å². The second kappa shape index (κ2) is 4.90. The van der Waals surface area contributed by atoms with Gasteiger partial charge in [0.2, 0.25) is 5.91 Å². The average Bonchev–Trinajstić information content (AvgIpc) is 3.04. The number of hydrogen-bond acceptors (Lipinski definition) is 2. The fourth-order valence-corrected chi connectivity index (χ4v) is 2.17. The van der Waals surface area contributed by atoms with Gasteiger partial charge in [0.15, 0.2) is 0 Å². The summed E-state index contributed by atoms with van der Waals surface area (Å²) in [4.78, 5) is 14.2. The zero-order valence-electron chi connectivity index (χ0n) is 10.8. The summed E-state index contributed by atoms with van der Waals surface area (Å²) < 4.78 is 0. The highest BCUT2D eigenvalue weighted by molar-refractivity contribution is 6.30. The van der Waals surface area contributed by atoms with Crippen molar-refractivity contribution in [2.45, 2.75) is 44.8 Å². The molecular weight excluding hydrogens is 248 g/mol. The van der Waals surface area contributed by atoms with Crippen molar-refractivity contribution >= 4 is 17.5 Å². The molecule has 0 aromatic heterocycles. The molecule has 1 aromatic rings. The van der Waals surface area contributed by atoms with Crippen LogP contribution in [0.4, 0.5) is 0 Å². The van der Waals surface area contributed by atoms with Gasteiger partial charge in [0, 0.05) is 17.6 Å². The highest BCUT2D eigenvalue weighted by Crippen LogP contribution is 2.35. The number of nitrogens with zero attached hydrogens (tertiary/aromatic N) is 1. The molecule has 0 atom stereocenters. The molecule has 0 aliphatic heterocycles. The number of nitrogens with two attached hydrogens (primary N) is 1. The predicted octanol–water partition coefficient (Wildman–Crippen LogP) is 2.57. The van der Waals surface area contributed by atoms with Crippen LogP contribution in [0.3, 0.4) is 0 Å². The third-order valence-electron chi connectivity index (χ3n) is 3.34. The van der Waals surface area contributed by atoms with Crippen molar-refractivity contribution in [2.75, 3.05) is 0 Å². The maximum Gasteiger partial charge on any atom is 0.243 e. The quantitative estimate of drug-likeness (QED) is 0.910. The van der Waals surface area contributed by atoms with Crippen molar-refractivity contribution in [2.24, 2.45) is 5.73 Å². The minimum absolute atomic E-state index is 0.0532. The number of hydrogen-bond donors (Lipinski definition) is 1. The van der Waals surface area contributed by atoms with Crippen LogP contribution in [0.1, 0.15) is 32.3 Å². The van der Waals surface area contributed by atoms with Gasteiger partial charge in [-0.1, -0.05) is 23.7 Å². The van der Waals surface area contributed by atoms with E-state index in [0.717, 1.165) is 18.4 Å². The van der Waals surface area contributed by atoms with Gasteiger partial charge in [-0.3, -0.25) is 4.79 Å². The van der Waals surface area contributed by atoms with Crippen LogP contribution < -0.4 is 5.73 Å². The van der Waals surface area contributed by atoms with E-state index in [2.05, 4.69) is 0 Å². The summed E-state index contributed by atoms with van der Waals surface area (Å²) in [6, 6.07) is 7.73. The smallest absolute Gasteiger partial charge is 0.243 e. The Morgan fingerprint density at radius 3 is 2.67 bits per heavy atom. The molecule has 2 rings (SSSR count). The molecule has 2 N–H and O–H groups in total. The Bertz CT molecular complexity index is 455. The maximum atomic E-state index is 12.3. The van der Waals surface area contributed by atoms with Crippen molar-refractivity contribution in [1.82, 2.24) is 4.90 Å². The van der Waals surface area contributed by atoms with Crippen LogP contribution in [0.5, 0.6) is 0 Å². The fraction of sp³-hybridized carbons (Fsp3) is 0.500. The Balaban J connectivity index is 2.14. The van der Waals surface area contributed by atoms with Crippen molar-refractivity contribution in [3.8, 4) is 0 Å². The fourth-order valence-electron chi connectivity index (χ4n) is 1.96. The van der Waals surface area contributed by atoms with Crippen molar-refractivity contribution < 1.29 is 4.79 Å². The van der Waals surface area contributed by atoms with Crippen LogP contribution >= 0.6 is 11.6 Å². The van der Waals surface area contributed by atoms with E-state index in [1.807, 2.05) is 43.0 Å². The second-order valence-corrected chi connectivity index (χ2v) is 5.75. The number of carbonyl (C=O) groups is 1. The van der Waals surface area contributed by atoms with Crippen LogP contribution in [0.15, 0.2) is 24.3 Å². The molecule has 1 aliphatic carbocycles. The van der Waals surface area contributed by atoms with Gasteiger partial charge in [-0.2, -0.15) is 0 Å². The summed E-state index contributed by atoms with van der Waals surface area (Å²) >= 11 is 5.96. The predicted molar refractivity (Wildman–Crippen MR) is 73.3 cm³/mol. The lowest BCUT2D eigenvalue weighted by atomic mass is 10.1. The monoisotopic (exact) mass is 266 g/mol. The van der Waals surface area contributed by atoms with E-state index in [1.54, 1.807) is 0 Å². The van der Waals surface area contributed by atoms with Crippen LogP contribution in [-0.2, 0) is 11.3 Å². The molecule has 0 heterocycles. The molecular formula is C14H19ClN2O. The lowest BCUT2D eigenvalue weighted by Gasteiger charge is -2.29. The molecule has 1 aliphatic rings. The zero-order chi connectivity index (χ0) is 13.3. The number of rotatable bonds is 4. The summed E-state index contributed by atoms with van der Waals surface area (Å²) in [6.07, 6.45) is 1.59. The van der Waals surface area contributed by atoms with E-state index >= 15 is 0 Å². The molecule has 0 unspecified atom stereocenters. The lowest BCUT2D eigenvalue weighted by molar-refractivity contribution is -0.136. The van der Waals surface area contributed by atoms with Crippen LogP contribution in [0, 0.1) is 0 Å². The maximum absolute atomic E-state index is 12.3. The first-order chi connectivity index (χ1) is 8.42. The normalized spacial score (nSPS) is 16.7. The Labute approximate surface area is 113 Å². The first-order valence-electron chi connectivity index (χ1n) is 6.27. The molecule has 1 saturated carbocycles. The summed E-state index contributed by atoms with van der Waals surface area (Å²) in [7, 11) is 0. The molecule has 98 valence electrons. The van der Waals surface area contributed by atoms with Gasteiger partial charge in [-0.15, -0.1) is 0 Å². The van der Waals surface area contributed by atoms with Gasteiger partial charge in [0.05, 0.1) is 5.54 Å². The molecule has 0 bridgehead atoms. The summed E-state index contributed by atoms with van der Waals surface area (Å²) in [6.45, 7) is 4.58. The van der Waals surface area contributed by atoms with E-state index in [4.69, 9.17) is 17.3 Å². The van der Waals surface area contributed by atoms with Gasteiger partial charge in [-0.25, -0.2) is 0 Å². The average molecular weight is 267 g/mol. The molecule has 1 amide bonds. The Hall–Kier alpha value is -1.06. The number of halogens is 1. The molecule has 0 spiro atoms. The highest BCUT2D eigenvalue weighted by Gasteiger charge is 2.48. The molecule has 3 nitrogen and oxygen atoms in total.